The van der Waals surface area contributed by atoms with Crippen molar-refractivity contribution in [3.63, 3.8) is 0 Å². The van der Waals surface area contributed by atoms with Gasteiger partial charge in [-0.1, -0.05) is 44.2 Å². The standard InChI is InChI=1S/C22H34N4O6S/c1-12(2)9-16(24-19(28)15(23)11-33)20(29)25-17(10-14-7-5-4-6-8-14)21(30)26-18(13(3)27)22(31)32/h4-8,12-13,15-18,27,33H,9-11,23H2,1-3H3,(H,24,28)(H,25,29)(H,26,30)(H,31,32). The van der Waals surface area contributed by atoms with Crippen LogP contribution in [0, 0.1) is 5.92 Å². The topological polar surface area (TPSA) is 171 Å². The minimum atomic E-state index is -1.55. The zero-order valence-electron chi connectivity index (χ0n) is 19.0. The highest BCUT2D eigenvalue weighted by atomic mass is 32.1. The molecule has 0 bridgehead atoms. The molecule has 33 heavy (non-hydrogen) atoms. The lowest BCUT2D eigenvalue weighted by molar-refractivity contribution is -0.145. The molecule has 1 aromatic rings. The number of benzene rings is 1. The van der Waals surface area contributed by atoms with Gasteiger partial charge in [0.05, 0.1) is 12.1 Å². The Hall–Kier alpha value is -2.63. The first-order valence-corrected chi connectivity index (χ1v) is 11.3. The number of nitrogens with two attached hydrogens (primary N) is 1. The number of thiol groups is 1. The number of carbonyl (C=O) groups is 4. The largest absolute Gasteiger partial charge is 0.480 e. The predicted molar refractivity (Wildman–Crippen MR) is 127 cm³/mol. The molecule has 7 N–H and O–H groups in total. The van der Waals surface area contributed by atoms with Gasteiger partial charge in [-0.25, -0.2) is 4.79 Å². The van der Waals surface area contributed by atoms with Crippen LogP contribution in [-0.2, 0) is 25.6 Å². The number of aliphatic hydroxyl groups excluding tert-OH is 1. The van der Waals surface area contributed by atoms with E-state index in [1.165, 1.54) is 6.92 Å². The second kappa shape index (κ2) is 13.8. The lowest BCUT2D eigenvalue weighted by Crippen LogP contribution is -2.59. The molecule has 0 fully saturated rings. The van der Waals surface area contributed by atoms with Crippen LogP contribution in [0.3, 0.4) is 0 Å². The van der Waals surface area contributed by atoms with Gasteiger partial charge in [-0.2, -0.15) is 12.6 Å². The number of nitrogens with one attached hydrogen (secondary N) is 3. The molecule has 0 aliphatic rings. The Labute approximate surface area is 199 Å². The van der Waals surface area contributed by atoms with Gasteiger partial charge in [-0.15, -0.1) is 0 Å². The van der Waals surface area contributed by atoms with E-state index in [1.807, 2.05) is 13.8 Å². The Morgan fingerprint density at radius 2 is 1.48 bits per heavy atom. The normalized spacial score (nSPS) is 15.6. The summed E-state index contributed by atoms with van der Waals surface area (Å²) in [7, 11) is 0. The van der Waals surface area contributed by atoms with Gasteiger partial charge in [0.2, 0.25) is 17.7 Å². The maximum Gasteiger partial charge on any atom is 0.328 e. The third-order valence-electron chi connectivity index (χ3n) is 4.84. The summed E-state index contributed by atoms with van der Waals surface area (Å²) in [6, 6.07) is 4.29. The van der Waals surface area contributed by atoms with Gasteiger partial charge in [0.25, 0.3) is 0 Å². The van der Waals surface area contributed by atoms with Gasteiger partial charge < -0.3 is 31.9 Å². The van der Waals surface area contributed by atoms with E-state index in [0.717, 1.165) is 5.56 Å². The van der Waals surface area contributed by atoms with Gasteiger partial charge in [0.15, 0.2) is 6.04 Å². The highest BCUT2D eigenvalue weighted by Gasteiger charge is 2.32. The molecule has 0 spiro atoms. The Bertz CT molecular complexity index is 805. The smallest absolute Gasteiger partial charge is 0.328 e. The summed E-state index contributed by atoms with van der Waals surface area (Å²) in [6.07, 6.45) is -0.986. The first-order chi connectivity index (χ1) is 15.5. The molecule has 5 unspecified atom stereocenters. The van der Waals surface area contributed by atoms with Crippen LogP contribution < -0.4 is 21.7 Å². The lowest BCUT2D eigenvalue weighted by Gasteiger charge is -2.26. The summed E-state index contributed by atoms with van der Waals surface area (Å²) in [5.74, 6) is -3.20. The molecule has 1 aromatic carbocycles. The summed E-state index contributed by atoms with van der Waals surface area (Å²) < 4.78 is 0. The number of hydrogen-bond acceptors (Lipinski definition) is 7. The molecule has 0 saturated heterocycles. The minimum Gasteiger partial charge on any atom is -0.480 e. The Morgan fingerprint density at radius 3 is 1.97 bits per heavy atom. The van der Waals surface area contributed by atoms with Gasteiger partial charge in [0.1, 0.15) is 12.1 Å². The molecule has 184 valence electrons. The molecule has 1 rings (SSSR count). The van der Waals surface area contributed by atoms with Crippen LogP contribution >= 0.6 is 12.6 Å². The molecule has 10 nitrogen and oxygen atoms in total. The zero-order chi connectivity index (χ0) is 25.1. The van der Waals surface area contributed by atoms with Crippen molar-refractivity contribution in [1.29, 1.82) is 0 Å². The maximum absolute atomic E-state index is 13.1. The quantitative estimate of drug-likeness (QED) is 0.185. The summed E-state index contributed by atoms with van der Waals surface area (Å²) >= 11 is 3.99. The fraction of sp³-hybridized carbons (Fsp3) is 0.545. The molecule has 0 saturated carbocycles. The first kappa shape index (κ1) is 28.4. The van der Waals surface area contributed by atoms with Crippen molar-refractivity contribution in [1.82, 2.24) is 16.0 Å². The van der Waals surface area contributed by atoms with E-state index in [0.29, 0.717) is 6.42 Å². The van der Waals surface area contributed by atoms with Gasteiger partial charge in [-0.3, -0.25) is 14.4 Å². The van der Waals surface area contributed by atoms with Gasteiger partial charge in [0, 0.05) is 12.2 Å². The second-order valence-corrected chi connectivity index (χ2v) is 8.66. The fourth-order valence-corrected chi connectivity index (χ4v) is 3.20. The van der Waals surface area contributed by atoms with Crippen molar-refractivity contribution < 1.29 is 29.4 Å². The van der Waals surface area contributed by atoms with Crippen molar-refractivity contribution >= 4 is 36.3 Å². The van der Waals surface area contributed by atoms with Crippen LogP contribution in [0.1, 0.15) is 32.8 Å². The molecular formula is C22H34N4O6S. The predicted octanol–water partition coefficient (Wildman–Crippen LogP) is -0.548. The highest BCUT2D eigenvalue weighted by molar-refractivity contribution is 7.80. The van der Waals surface area contributed by atoms with E-state index in [-0.39, 0.29) is 18.1 Å². The Kier molecular flexibility index (Phi) is 11.9. The monoisotopic (exact) mass is 482 g/mol. The number of carboxylic acids is 1. The number of aliphatic carboxylic acids is 1. The zero-order valence-corrected chi connectivity index (χ0v) is 19.9. The van der Waals surface area contributed by atoms with E-state index in [1.54, 1.807) is 30.3 Å². The third-order valence-corrected chi connectivity index (χ3v) is 5.23. The Balaban J connectivity index is 3.11. The summed E-state index contributed by atoms with van der Waals surface area (Å²) in [5.41, 5.74) is 6.42. The van der Waals surface area contributed by atoms with Crippen LogP contribution in [0.4, 0.5) is 0 Å². The highest BCUT2D eigenvalue weighted by Crippen LogP contribution is 2.09. The van der Waals surface area contributed by atoms with Crippen molar-refractivity contribution in [3.05, 3.63) is 35.9 Å². The van der Waals surface area contributed by atoms with Gasteiger partial charge in [-0.05, 0) is 24.8 Å². The van der Waals surface area contributed by atoms with E-state index in [4.69, 9.17) is 5.73 Å². The molecule has 5 atom stereocenters. The van der Waals surface area contributed by atoms with Gasteiger partial charge >= 0.3 is 5.97 Å². The molecular weight excluding hydrogens is 448 g/mol. The van der Waals surface area contributed by atoms with Crippen LogP contribution in [0.5, 0.6) is 0 Å². The number of hydrogen-bond donors (Lipinski definition) is 7. The molecule has 0 radical (unpaired) electrons. The average Bonchev–Trinajstić information content (AvgIpc) is 2.75. The van der Waals surface area contributed by atoms with Crippen LogP contribution in [0.25, 0.3) is 0 Å². The minimum absolute atomic E-state index is 0.0429. The number of aliphatic hydroxyl groups is 1. The fourth-order valence-electron chi connectivity index (χ4n) is 3.04. The van der Waals surface area contributed by atoms with Crippen LogP contribution in [-0.4, -0.2) is 69.9 Å². The number of amides is 3. The summed E-state index contributed by atoms with van der Waals surface area (Å²) in [4.78, 5) is 49.6. The van der Waals surface area contributed by atoms with Crippen LogP contribution in [0.15, 0.2) is 30.3 Å². The van der Waals surface area contributed by atoms with Crippen molar-refractivity contribution in [2.75, 3.05) is 5.75 Å². The lowest BCUT2D eigenvalue weighted by atomic mass is 10.0. The summed E-state index contributed by atoms with van der Waals surface area (Å²) in [5, 5.41) is 26.5. The van der Waals surface area contributed by atoms with E-state index >= 15 is 0 Å². The first-order valence-electron chi connectivity index (χ1n) is 10.7. The van der Waals surface area contributed by atoms with Crippen molar-refractivity contribution in [2.24, 2.45) is 11.7 Å². The molecule has 3 amide bonds. The van der Waals surface area contributed by atoms with E-state index in [9.17, 15) is 29.4 Å². The summed E-state index contributed by atoms with van der Waals surface area (Å²) in [6.45, 7) is 4.99. The molecule has 0 aliphatic carbocycles. The maximum atomic E-state index is 13.1. The number of carbonyl (C=O) groups excluding carboxylic acids is 3. The van der Waals surface area contributed by atoms with E-state index in [2.05, 4.69) is 28.6 Å². The average molecular weight is 483 g/mol. The number of carboxylic acid groups (broad SMARTS) is 1. The van der Waals surface area contributed by atoms with Crippen molar-refractivity contribution in [2.45, 2.75) is 63.9 Å². The second-order valence-electron chi connectivity index (χ2n) is 8.30. The third kappa shape index (κ3) is 9.80. The Morgan fingerprint density at radius 1 is 0.939 bits per heavy atom. The molecule has 0 aromatic heterocycles. The SMILES string of the molecule is CC(C)CC(NC(=O)C(N)CS)C(=O)NC(Cc1ccccc1)C(=O)NC(C(=O)O)C(C)O. The number of rotatable bonds is 13. The molecule has 11 heteroatoms. The molecule has 0 aliphatic heterocycles. The van der Waals surface area contributed by atoms with Crippen molar-refractivity contribution in [3.8, 4) is 0 Å². The van der Waals surface area contributed by atoms with E-state index < -0.39 is 54.0 Å². The molecule has 0 heterocycles. The van der Waals surface area contributed by atoms with Crippen LogP contribution in [0.2, 0.25) is 0 Å².